The molecular formula is C14H20N2O2. The second kappa shape index (κ2) is 5.98. The molecule has 1 aromatic rings. The van der Waals surface area contributed by atoms with E-state index in [9.17, 15) is 4.79 Å². The van der Waals surface area contributed by atoms with E-state index >= 15 is 0 Å². The Bertz CT molecular complexity index is 395. The van der Waals surface area contributed by atoms with Gasteiger partial charge in [0.2, 0.25) is 0 Å². The predicted octanol–water partition coefficient (Wildman–Crippen LogP) is 1.46. The molecule has 1 unspecified atom stereocenters. The summed E-state index contributed by atoms with van der Waals surface area (Å²) in [6.45, 7) is 5.32. The summed E-state index contributed by atoms with van der Waals surface area (Å²) in [7, 11) is 0. The maximum absolute atomic E-state index is 11.0. The number of carboxylic acids is 1. The first kappa shape index (κ1) is 13.1. The molecule has 4 heteroatoms. The van der Waals surface area contributed by atoms with Crippen LogP contribution in [0.3, 0.4) is 0 Å². The van der Waals surface area contributed by atoms with Gasteiger partial charge in [0.25, 0.3) is 0 Å². The molecule has 18 heavy (non-hydrogen) atoms. The van der Waals surface area contributed by atoms with Gasteiger partial charge in [-0.15, -0.1) is 0 Å². The van der Waals surface area contributed by atoms with E-state index in [1.807, 2.05) is 6.92 Å². The van der Waals surface area contributed by atoms with Gasteiger partial charge in [-0.05, 0) is 24.1 Å². The zero-order valence-electron chi connectivity index (χ0n) is 10.7. The second-order valence-electron chi connectivity index (χ2n) is 4.72. The Kier molecular flexibility index (Phi) is 4.33. The lowest BCUT2D eigenvalue weighted by molar-refractivity contribution is -0.139. The first-order chi connectivity index (χ1) is 8.70. The summed E-state index contributed by atoms with van der Waals surface area (Å²) in [5, 5.41) is 12.1. The van der Waals surface area contributed by atoms with Crippen molar-refractivity contribution in [3.8, 4) is 0 Å². The Morgan fingerprint density at radius 1 is 1.39 bits per heavy atom. The molecule has 0 spiro atoms. The molecule has 0 aliphatic carbocycles. The third kappa shape index (κ3) is 3.09. The monoisotopic (exact) mass is 248 g/mol. The molecule has 0 fully saturated rings. The van der Waals surface area contributed by atoms with E-state index in [-0.39, 0.29) is 0 Å². The topological polar surface area (TPSA) is 52.6 Å². The number of benzene rings is 1. The minimum atomic E-state index is -0.756. The number of fused-ring (bicyclic) bond motifs is 1. The number of nitrogens with one attached hydrogen (secondary N) is 1. The largest absolute Gasteiger partial charge is 0.480 e. The molecule has 0 radical (unpaired) electrons. The first-order valence-electron chi connectivity index (χ1n) is 6.46. The molecule has 0 saturated heterocycles. The molecule has 4 nitrogen and oxygen atoms in total. The summed E-state index contributed by atoms with van der Waals surface area (Å²) in [4.78, 5) is 13.3. The van der Waals surface area contributed by atoms with Crippen molar-refractivity contribution in [2.75, 3.05) is 13.1 Å². The summed E-state index contributed by atoms with van der Waals surface area (Å²) in [6, 6.07) is 7.98. The van der Waals surface area contributed by atoms with Gasteiger partial charge in [0.05, 0.1) is 0 Å². The van der Waals surface area contributed by atoms with Crippen LogP contribution < -0.4 is 5.32 Å². The Hall–Kier alpha value is -1.39. The van der Waals surface area contributed by atoms with Gasteiger partial charge in [-0.2, -0.15) is 0 Å². The fourth-order valence-electron chi connectivity index (χ4n) is 2.43. The van der Waals surface area contributed by atoms with Gasteiger partial charge in [0.1, 0.15) is 6.04 Å². The number of aliphatic carboxylic acids is 1. The van der Waals surface area contributed by atoms with Crippen LogP contribution in [-0.2, 0) is 17.9 Å². The van der Waals surface area contributed by atoms with E-state index in [1.165, 1.54) is 11.1 Å². The summed E-state index contributed by atoms with van der Waals surface area (Å²) in [6.07, 6.45) is 0.650. The maximum Gasteiger partial charge on any atom is 0.320 e. The van der Waals surface area contributed by atoms with Crippen molar-refractivity contribution in [1.29, 1.82) is 0 Å². The molecule has 1 aliphatic rings. The average molecular weight is 248 g/mol. The highest BCUT2D eigenvalue weighted by atomic mass is 16.4. The number of carboxylic acid groups (broad SMARTS) is 1. The van der Waals surface area contributed by atoms with E-state index in [1.54, 1.807) is 0 Å². The van der Waals surface area contributed by atoms with E-state index in [2.05, 4.69) is 34.5 Å². The molecule has 2 N–H and O–H groups in total. The number of carbonyl (C=O) groups is 1. The number of hydrogen-bond acceptors (Lipinski definition) is 3. The molecule has 0 bridgehead atoms. The average Bonchev–Trinajstić information content (AvgIpc) is 2.76. The highest BCUT2D eigenvalue weighted by Gasteiger charge is 2.21. The number of nitrogens with zero attached hydrogens (tertiary/aromatic N) is 1. The molecule has 1 atom stereocenters. The van der Waals surface area contributed by atoms with Gasteiger partial charge in [0.15, 0.2) is 0 Å². The van der Waals surface area contributed by atoms with Crippen LogP contribution in [-0.4, -0.2) is 35.1 Å². The van der Waals surface area contributed by atoms with Crippen molar-refractivity contribution >= 4 is 5.97 Å². The predicted molar refractivity (Wildman–Crippen MR) is 70.3 cm³/mol. The van der Waals surface area contributed by atoms with Crippen LogP contribution in [0.2, 0.25) is 0 Å². The Morgan fingerprint density at radius 2 is 2.00 bits per heavy atom. The highest BCUT2D eigenvalue weighted by Crippen LogP contribution is 2.22. The minimum Gasteiger partial charge on any atom is -0.480 e. The van der Waals surface area contributed by atoms with Gasteiger partial charge in [-0.3, -0.25) is 9.69 Å². The lowest BCUT2D eigenvalue weighted by Gasteiger charge is -2.18. The molecule has 0 aromatic heterocycles. The third-order valence-corrected chi connectivity index (χ3v) is 3.39. The molecular weight excluding hydrogens is 228 g/mol. The standard InChI is InChI=1S/C14H20N2O2/c1-2-15-13(14(17)18)7-8-16-9-11-5-3-4-6-12(11)10-16/h3-6,13,15H,2,7-10H2,1H3,(H,17,18). The van der Waals surface area contributed by atoms with Crippen LogP contribution in [0.25, 0.3) is 0 Å². The van der Waals surface area contributed by atoms with Gasteiger partial charge in [-0.25, -0.2) is 0 Å². The summed E-state index contributed by atoms with van der Waals surface area (Å²) >= 11 is 0. The molecule has 1 aliphatic heterocycles. The Labute approximate surface area is 108 Å². The van der Waals surface area contributed by atoms with Crippen LogP contribution in [0.4, 0.5) is 0 Å². The summed E-state index contributed by atoms with van der Waals surface area (Å²) in [5.41, 5.74) is 2.74. The van der Waals surface area contributed by atoms with E-state index in [0.29, 0.717) is 13.0 Å². The second-order valence-corrected chi connectivity index (χ2v) is 4.72. The van der Waals surface area contributed by atoms with Crippen LogP contribution in [0.15, 0.2) is 24.3 Å². The fourth-order valence-corrected chi connectivity index (χ4v) is 2.43. The van der Waals surface area contributed by atoms with Crippen LogP contribution in [0.5, 0.6) is 0 Å². The quantitative estimate of drug-likeness (QED) is 0.800. The van der Waals surface area contributed by atoms with Crippen LogP contribution in [0, 0.1) is 0 Å². The molecule has 0 saturated carbocycles. The number of likely N-dealkylation sites (N-methyl/N-ethyl adjacent to an activating group) is 1. The zero-order chi connectivity index (χ0) is 13.0. The lowest BCUT2D eigenvalue weighted by Crippen LogP contribution is -2.39. The molecule has 2 rings (SSSR count). The fraction of sp³-hybridized carbons (Fsp3) is 0.500. The summed E-state index contributed by atoms with van der Waals surface area (Å²) in [5.74, 6) is -0.756. The zero-order valence-corrected chi connectivity index (χ0v) is 10.7. The van der Waals surface area contributed by atoms with E-state index in [0.717, 1.165) is 19.6 Å². The molecule has 98 valence electrons. The highest BCUT2D eigenvalue weighted by molar-refractivity contribution is 5.73. The third-order valence-electron chi connectivity index (χ3n) is 3.39. The molecule has 1 aromatic carbocycles. The number of rotatable bonds is 6. The van der Waals surface area contributed by atoms with Crippen molar-refractivity contribution in [2.45, 2.75) is 32.5 Å². The van der Waals surface area contributed by atoms with Crippen molar-refractivity contribution in [3.63, 3.8) is 0 Å². The number of hydrogen-bond donors (Lipinski definition) is 2. The molecule has 1 heterocycles. The minimum absolute atomic E-state index is 0.432. The first-order valence-corrected chi connectivity index (χ1v) is 6.46. The van der Waals surface area contributed by atoms with Gasteiger partial charge in [-0.1, -0.05) is 31.2 Å². The Balaban J connectivity index is 1.84. The van der Waals surface area contributed by atoms with Gasteiger partial charge in [0, 0.05) is 19.6 Å². The Morgan fingerprint density at radius 3 is 2.50 bits per heavy atom. The van der Waals surface area contributed by atoms with Crippen molar-refractivity contribution < 1.29 is 9.90 Å². The van der Waals surface area contributed by atoms with Crippen molar-refractivity contribution in [2.24, 2.45) is 0 Å². The van der Waals surface area contributed by atoms with E-state index < -0.39 is 12.0 Å². The maximum atomic E-state index is 11.0. The van der Waals surface area contributed by atoms with Gasteiger partial charge >= 0.3 is 5.97 Å². The smallest absolute Gasteiger partial charge is 0.320 e. The van der Waals surface area contributed by atoms with Crippen LogP contribution in [0.1, 0.15) is 24.5 Å². The van der Waals surface area contributed by atoms with Crippen molar-refractivity contribution in [3.05, 3.63) is 35.4 Å². The van der Waals surface area contributed by atoms with Crippen LogP contribution >= 0.6 is 0 Å². The summed E-state index contributed by atoms with van der Waals surface area (Å²) < 4.78 is 0. The normalized spacial score (nSPS) is 16.5. The lowest BCUT2D eigenvalue weighted by atomic mass is 10.1. The van der Waals surface area contributed by atoms with Crippen molar-refractivity contribution in [1.82, 2.24) is 10.2 Å². The molecule has 0 amide bonds. The van der Waals surface area contributed by atoms with Gasteiger partial charge < -0.3 is 10.4 Å². The van der Waals surface area contributed by atoms with E-state index in [4.69, 9.17) is 5.11 Å². The SMILES string of the molecule is CCNC(CCN1Cc2ccccc2C1)C(=O)O.